The molecule has 1 heterocycles. The highest BCUT2D eigenvalue weighted by Crippen LogP contribution is 2.27. The molecule has 2 rings (SSSR count). The molecule has 0 amide bonds. The van der Waals surface area contributed by atoms with E-state index in [-0.39, 0.29) is 0 Å². The van der Waals surface area contributed by atoms with E-state index in [9.17, 15) is 0 Å². The Hall–Kier alpha value is -1.03. The van der Waals surface area contributed by atoms with Crippen LogP contribution in [-0.4, -0.2) is 40.4 Å². The van der Waals surface area contributed by atoms with Gasteiger partial charge in [0.05, 0.1) is 18.4 Å². The van der Waals surface area contributed by atoms with Crippen LogP contribution in [0.2, 0.25) is 0 Å². The van der Waals surface area contributed by atoms with E-state index >= 15 is 0 Å². The molecule has 1 aromatic rings. The Morgan fingerprint density at radius 2 is 2.16 bits per heavy atom. The van der Waals surface area contributed by atoms with Gasteiger partial charge in [-0.2, -0.15) is 5.10 Å². The van der Waals surface area contributed by atoms with Crippen LogP contribution in [-0.2, 0) is 6.54 Å². The molecule has 2 unspecified atom stereocenters. The minimum atomic E-state index is 0.649. The van der Waals surface area contributed by atoms with Gasteiger partial charge in [0.25, 0.3) is 0 Å². The molecule has 1 aliphatic carbocycles. The first-order chi connectivity index (χ1) is 9.21. The summed E-state index contributed by atoms with van der Waals surface area (Å²) in [6, 6.07) is 0.649. The lowest BCUT2D eigenvalue weighted by Gasteiger charge is -2.17. The van der Waals surface area contributed by atoms with Crippen LogP contribution in [0.3, 0.4) is 0 Å². The average molecular weight is 264 g/mol. The summed E-state index contributed by atoms with van der Waals surface area (Å²) >= 11 is 0. The Morgan fingerprint density at radius 1 is 1.37 bits per heavy atom. The third-order valence-electron chi connectivity index (χ3n) is 4.24. The maximum atomic E-state index is 4.45. The predicted molar refractivity (Wildman–Crippen MR) is 80.4 cm³/mol. The highest BCUT2D eigenvalue weighted by Gasteiger charge is 2.21. The molecule has 0 aliphatic heterocycles. The van der Waals surface area contributed by atoms with E-state index in [2.05, 4.69) is 47.0 Å². The van der Waals surface area contributed by atoms with Crippen LogP contribution in [0, 0.1) is 5.92 Å². The van der Waals surface area contributed by atoms with Crippen molar-refractivity contribution < 1.29 is 0 Å². The van der Waals surface area contributed by atoms with Gasteiger partial charge in [0.15, 0.2) is 0 Å². The van der Waals surface area contributed by atoms with E-state index in [1.165, 1.54) is 24.9 Å². The molecule has 19 heavy (non-hydrogen) atoms. The van der Waals surface area contributed by atoms with E-state index < -0.39 is 0 Å². The number of nitrogens with zero attached hydrogens (tertiary/aromatic N) is 3. The van der Waals surface area contributed by atoms with Crippen molar-refractivity contribution in [3.05, 3.63) is 12.4 Å². The van der Waals surface area contributed by atoms with Crippen molar-refractivity contribution in [3.8, 4) is 0 Å². The second kappa shape index (κ2) is 6.94. The third kappa shape index (κ3) is 4.23. The summed E-state index contributed by atoms with van der Waals surface area (Å²) in [5, 5.41) is 8.06. The van der Waals surface area contributed by atoms with Gasteiger partial charge in [0.2, 0.25) is 0 Å². The van der Waals surface area contributed by atoms with Crippen LogP contribution >= 0.6 is 0 Å². The van der Waals surface area contributed by atoms with Crippen LogP contribution in [0.4, 0.5) is 5.69 Å². The van der Waals surface area contributed by atoms with Gasteiger partial charge in [0, 0.05) is 18.8 Å². The number of rotatable bonds is 7. The first-order valence-corrected chi connectivity index (χ1v) is 7.72. The smallest absolute Gasteiger partial charge is 0.0728 e. The fourth-order valence-electron chi connectivity index (χ4n) is 2.92. The van der Waals surface area contributed by atoms with Gasteiger partial charge in [-0.15, -0.1) is 0 Å². The molecule has 108 valence electrons. The minimum absolute atomic E-state index is 0.649. The molecule has 4 nitrogen and oxygen atoms in total. The van der Waals surface area contributed by atoms with Crippen LogP contribution in [0.15, 0.2) is 12.4 Å². The first-order valence-electron chi connectivity index (χ1n) is 7.72. The molecule has 1 saturated carbocycles. The Balaban J connectivity index is 1.78. The Kier molecular flexibility index (Phi) is 5.25. The molecular formula is C15H28N4. The van der Waals surface area contributed by atoms with E-state index in [0.29, 0.717) is 6.04 Å². The number of aromatic nitrogens is 2. The number of anilines is 1. The fraction of sp³-hybridized carbons (Fsp3) is 0.800. The largest absolute Gasteiger partial charge is 0.380 e. The second-order valence-corrected chi connectivity index (χ2v) is 5.78. The zero-order valence-electron chi connectivity index (χ0n) is 12.6. The minimum Gasteiger partial charge on any atom is -0.380 e. The second-order valence-electron chi connectivity index (χ2n) is 5.78. The summed E-state index contributed by atoms with van der Waals surface area (Å²) < 4.78 is 2.05. The highest BCUT2D eigenvalue weighted by atomic mass is 15.3. The number of hydrogen-bond acceptors (Lipinski definition) is 3. The van der Waals surface area contributed by atoms with Crippen LogP contribution in [0.1, 0.15) is 40.0 Å². The number of nitrogens with one attached hydrogen (secondary N) is 1. The first kappa shape index (κ1) is 14.4. The Bertz CT molecular complexity index is 370. The molecule has 1 aromatic heterocycles. The standard InChI is InChI=1S/C15H28N4/c1-4-18(5-2)8-9-19-12-15(11-16-19)17-14-7-6-13(3)10-14/h11-14,17H,4-10H2,1-3H3. The van der Waals surface area contributed by atoms with Gasteiger partial charge >= 0.3 is 0 Å². The number of likely N-dealkylation sites (N-methyl/N-ethyl adjacent to an activating group) is 1. The monoisotopic (exact) mass is 264 g/mol. The Morgan fingerprint density at radius 3 is 2.79 bits per heavy atom. The van der Waals surface area contributed by atoms with Crippen molar-refractivity contribution in [3.63, 3.8) is 0 Å². The number of hydrogen-bond donors (Lipinski definition) is 1. The summed E-state index contributed by atoms with van der Waals surface area (Å²) in [5.74, 6) is 0.871. The molecular weight excluding hydrogens is 236 g/mol. The molecule has 2 atom stereocenters. The van der Waals surface area contributed by atoms with E-state index in [0.717, 1.165) is 32.1 Å². The molecule has 0 aromatic carbocycles. The lowest BCUT2D eigenvalue weighted by molar-refractivity contribution is 0.285. The van der Waals surface area contributed by atoms with Crippen LogP contribution in [0.5, 0.6) is 0 Å². The third-order valence-corrected chi connectivity index (χ3v) is 4.24. The summed E-state index contributed by atoms with van der Waals surface area (Å²) in [7, 11) is 0. The summed E-state index contributed by atoms with van der Waals surface area (Å²) in [5.41, 5.74) is 1.18. The molecule has 0 bridgehead atoms. The van der Waals surface area contributed by atoms with Gasteiger partial charge < -0.3 is 10.2 Å². The molecule has 0 saturated heterocycles. The van der Waals surface area contributed by atoms with Gasteiger partial charge in [-0.25, -0.2) is 0 Å². The van der Waals surface area contributed by atoms with Gasteiger partial charge in [-0.1, -0.05) is 20.8 Å². The van der Waals surface area contributed by atoms with E-state index in [1.54, 1.807) is 0 Å². The maximum absolute atomic E-state index is 4.45. The predicted octanol–water partition coefficient (Wildman–Crippen LogP) is 2.83. The molecule has 0 spiro atoms. The lowest BCUT2D eigenvalue weighted by atomic mass is 10.1. The average Bonchev–Trinajstić information content (AvgIpc) is 3.01. The Labute approximate surface area is 117 Å². The highest BCUT2D eigenvalue weighted by molar-refractivity contribution is 5.39. The van der Waals surface area contributed by atoms with Crippen LogP contribution in [0.25, 0.3) is 0 Å². The van der Waals surface area contributed by atoms with Crippen molar-refractivity contribution in [1.29, 1.82) is 0 Å². The molecule has 4 heteroatoms. The molecule has 1 N–H and O–H groups in total. The molecule has 0 radical (unpaired) electrons. The van der Waals surface area contributed by atoms with Gasteiger partial charge in [0.1, 0.15) is 0 Å². The molecule has 1 fully saturated rings. The quantitative estimate of drug-likeness (QED) is 0.822. The zero-order valence-corrected chi connectivity index (χ0v) is 12.6. The van der Waals surface area contributed by atoms with Crippen molar-refractivity contribution in [2.24, 2.45) is 5.92 Å². The van der Waals surface area contributed by atoms with E-state index in [4.69, 9.17) is 0 Å². The topological polar surface area (TPSA) is 33.1 Å². The normalized spacial score (nSPS) is 23.2. The van der Waals surface area contributed by atoms with Crippen molar-refractivity contribution in [2.45, 2.75) is 52.6 Å². The van der Waals surface area contributed by atoms with Gasteiger partial charge in [-0.3, -0.25) is 4.68 Å². The lowest BCUT2D eigenvalue weighted by Crippen LogP contribution is -2.27. The maximum Gasteiger partial charge on any atom is 0.0728 e. The molecule has 1 aliphatic rings. The van der Waals surface area contributed by atoms with Crippen molar-refractivity contribution >= 4 is 5.69 Å². The SMILES string of the molecule is CCN(CC)CCn1cc(NC2CCC(C)C2)cn1. The van der Waals surface area contributed by atoms with Gasteiger partial charge in [-0.05, 0) is 38.3 Å². The summed E-state index contributed by atoms with van der Waals surface area (Å²) in [6.45, 7) is 11.0. The zero-order chi connectivity index (χ0) is 13.7. The van der Waals surface area contributed by atoms with Crippen LogP contribution < -0.4 is 5.32 Å². The van der Waals surface area contributed by atoms with Crippen molar-refractivity contribution in [1.82, 2.24) is 14.7 Å². The summed E-state index contributed by atoms with van der Waals surface area (Å²) in [4.78, 5) is 2.42. The van der Waals surface area contributed by atoms with Crippen molar-refractivity contribution in [2.75, 3.05) is 25.0 Å². The fourth-order valence-corrected chi connectivity index (χ4v) is 2.92. The van der Waals surface area contributed by atoms with E-state index in [1.807, 2.05) is 6.20 Å². The summed E-state index contributed by atoms with van der Waals surface area (Å²) in [6.07, 6.45) is 8.06.